The molecule has 5 heteroatoms. The minimum Gasteiger partial charge on any atom is -0.497 e. The van der Waals surface area contributed by atoms with Crippen LogP contribution in [0.5, 0.6) is 5.75 Å². The van der Waals surface area contributed by atoms with Crippen molar-refractivity contribution in [2.24, 2.45) is 0 Å². The number of anilines is 2. The van der Waals surface area contributed by atoms with Gasteiger partial charge in [-0.1, -0.05) is 0 Å². The monoisotopic (exact) mass is 309 g/mol. The van der Waals surface area contributed by atoms with Gasteiger partial charge in [0, 0.05) is 23.3 Å². The minimum absolute atomic E-state index is 0.812. The fourth-order valence-corrected chi connectivity index (χ4v) is 2.08. The Balaban J connectivity index is 2.32. The van der Waals surface area contributed by atoms with Crippen molar-refractivity contribution in [2.45, 2.75) is 20.4 Å². The van der Waals surface area contributed by atoms with E-state index in [2.05, 4.69) is 37.7 Å². The van der Waals surface area contributed by atoms with Gasteiger partial charge in [0.15, 0.2) is 0 Å². The number of ether oxygens (including phenoxy) is 1. The summed E-state index contributed by atoms with van der Waals surface area (Å²) in [5.41, 5.74) is 1.94. The number of methoxy groups -OCH3 is 1. The molecule has 0 aliphatic rings. The summed E-state index contributed by atoms with van der Waals surface area (Å²) in [6.07, 6.45) is 2.02. The molecule has 0 saturated heterocycles. The van der Waals surface area contributed by atoms with Crippen molar-refractivity contribution >= 4 is 27.6 Å². The van der Waals surface area contributed by atoms with Crippen LogP contribution in [0.3, 0.4) is 0 Å². The topological polar surface area (TPSA) is 39.1 Å². The zero-order valence-corrected chi connectivity index (χ0v) is 12.3. The van der Waals surface area contributed by atoms with E-state index >= 15 is 0 Å². The summed E-state index contributed by atoms with van der Waals surface area (Å²) in [4.78, 5) is 4.46. The first-order valence-electron chi connectivity index (χ1n) is 5.78. The van der Waals surface area contributed by atoms with Crippen LogP contribution in [0.4, 0.5) is 11.6 Å². The molecule has 0 fully saturated rings. The maximum atomic E-state index is 5.22. The van der Waals surface area contributed by atoms with Gasteiger partial charge < -0.3 is 14.6 Å². The predicted molar refractivity (Wildman–Crippen MR) is 76.6 cm³/mol. The molecule has 0 aliphatic heterocycles. The number of aromatic nitrogens is 2. The number of hydrogen-bond donors (Lipinski definition) is 1. The first kappa shape index (κ1) is 13.0. The van der Waals surface area contributed by atoms with Gasteiger partial charge in [-0.05, 0) is 41.9 Å². The van der Waals surface area contributed by atoms with Crippen molar-refractivity contribution in [3.05, 3.63) is 34.6 Å². The van der Waals surface area contributed by atoms with Gasteiger partial charge >= 0.3 is 0 Å². The van der Waals surface area contributed by atoms with E-state index in [0.29, 0.717) is 0 Å². The van der Waals surface area contributed by atoms with Crippen molar-refractivity contribution in [2.75, 3.05) is 12.4 Å². The summed E-state index contributed by atoms with van der Waals surface area (Å²) in [6.45, 7) is 4.95. The summed E-state index contributed by atoms with van der Waals surface area (Å²) >= 11 is 3.52. The van der Waals surface area contributed by atoms with E-state index in [4.69, 9.17) is 4.74 Å². The molecule has 0 aliphatic carbocycles. The third-order valence-corrected chi connectivity index (χ3v) is 3.35. The highest BCUT2D eigenvalue weighted by Crippen LogP contribution is 2.29. The van der Waals surface area contributed by atoms with Gasteiger partial charge in [0.25, 0.3) is 0 Å². The number of halogens is 1. The molecule has 2 aromatic rings. The van der Waals surface area contributed by atoms with Crippen molar-refractivity contribution in [3.63, 3.8) is 0 Å². The van der Waals surface area contributed by atoms with Gasteiger partial charge in [-0.3, -0.25) is 0 Å². The SMILES string of the molecule is CCn1cc(C)nc1Nc1cc(OC)ccc1Br. The highest BCUT2D eigenvalue weighted by atomic mass is 79.9. The number of imidazole rings is 1. The maximum Gasteiger partial charge on any atom is 0.207 e. The minimum atomic E-state index is 0.812. The molecule has 4 nitrogen and oxygen atoms in total. The lowest BCUT2D eigenvalue weighted by Crippen LogP contribution is -2.02. The van der Waals surface area contributed by atoms with E-state index in [-0.39, 0.29) is 0 Å². The zero-order valence-electron chi connectivity index (χ0n) is 10.7. The molecule has 0 saturated carbocycles. The van der Waals surface area contributed by atoms with E-state index < -0.39 is 0 Å². The van der Waals surface area contributed by atoms with Crippen molar-refractivity contribution in [1.29, 1.82) is 0 Å². The van der Waals surface area contributed by atoms with Crippen LogP contribution in [-0.2, 0) is 6.54 Å². The number of rotatable bonds is 4. The summed E-state index contributed by atoms with van der Waals surface area (Å²) in [6, 6.07) is 5.80. The second-order valence-electron chi connectivity index (χ2n) is 3.96. The van der Waals surface area contributed by atoms with Crippen LogP contribution in [0.2, 0.25) is 0 Å². The Bertz CT molecular complexity index is 551. The number of hydrogen-bond acceptors (Lipinski definition) is 3. The number of nitrogens with zero attached hydrogens (tertiary/aromatic N) is 2. The summed E-state index contributed by atoms with van der Waals surface area (Å²) < 4.78 is 8.27. The molecular weight excluding hydrogens is 294 g/mol. The normalized spacial score (nSPS) is 10.4. The Morgan fingerprint density at radius 1 is 1.44 bits per heavy atom. The molecule has 0 radical (unpaired) electrons. The molecule has 0 unspecified atom stereocenters. The van der Waals surface area contributed by atoms with Gasteiger partial charge in [-0.2, -0.15) is 0 Å². The van der Waals surface area contributed by atoms with Gasteiger partial charge in [0.2, 0.25) is 5.95 Å². The van der Waals surface area contributed by atoms with Crippen LogP contribution in [-0.4, -0.2) is 16.7 Å². The largest absolute Gasteiger partial charge is 0.497 e. The standard InChI is InChI=1S/C13H16BrN3O/c1-4-17-8-9(2)15-13(17)16-12-7-10(18-3)5-6-11(12)14/h5-8H,4H2,1-3H3,(H,15,16). The summed E-state index contributed by atoms with van der Waals surface area (Å²) in [7, 11) is 1.66. The number of aryl methyl sites for hydroxylation is 2. The number of benzene rings is 1. The molecule has 1 aromatic carbocycles. The first-order valence-corrected chi connectivity index (χ1v) is 6.57. The lowest BCUT2D eigenvalue weighted by molar-refractivity contribution is 0.415. The van der Waals surface area contributed by atoms with E-state index in [9.17, 15) is 0 Å². The highest BCUT2D eigenvalue weighted by Gasteiger charge is 2.07. The van der Waals surface area contributed by atoms with Crippen molar-refractivity contribution in [1.82, 2.24) is 9.55 Å². The molecular formula is C13H16BrN3O. The second kappa shape index (κ2) is 5.44. The van der Waals surface area contributed by atoms with Crippen molar-refractivity contribution in [3.8, 4) is 5.75 Å². The Labute approximate surface area is 115 Å². The van der Waals surface area contributed by atoms with Crippen LogP contribution in [0, 0.1) is 6.92 Å². The number of nitrogens with one attached hydrogen (secondary N) is 1. The fraction of sp³-hybridized carbons (Fsp3) is 0.308. The van der Waals surface area contributed by atoms with Gasteiger partial charge in [-0.25, -0.2) is 4.98 Å². The average molecular weight is 310 g/mol. The van der Waals surface area contributed by atoms with Crippen LogP contribution >= 0.6 is 15.9 Å². The molecule has 1 N–H and O–H groups in total. The third kappa shape index (κ3) is 2.67. The molecule has 96 valence electrons. The lowest BCUT2D eigenvalue weighted by atomic mass is 10.3. The third-order valence-electron chi connectivity index (χ3n) is 2.66. The quantitative estimate of drug-likeness (QED) is 0.935. The van der Waals surface area contributed by atoms with Gasteiger partial charge in [0.1, 0.15) is 5.75 Å². The molecule has 2 rings (SSSR count). The smallest absolute Gasteiger partial charge is 0.207 e. The Morgan fingerprint density at radius 2 is 2.22 bits per heavy atom. The predicted octanol–water partition coefficient (Wildman–Crippen LogP) is 3.73. The molecule has 0 spiro atoms. The summed E-state index contributed by atoms with van der Waals surface area (Å²) in [5, 5.41) is 3.31. The zero-order chi connectivity index (χ0) is 13.1. The molecule has 18 heavy (non-hydrogen) atoms. The van der Waals surface area contributed by atoms with Crippen LogP contribution in [0.25, 0.3) is 0 Å². The first-order chi connectivity index (χ1) is 8.63. The van der Waals surface area contributed by atoms with Crippen LogP contribution in [0.15, 0.2) is 28.9 Å². The van der Waals surface area contributed by atoms with Crippen LogP contribution in [0.1, 0.15) is 12.6 Å². The molecule has 0 bridgehead atoms. The second-order valence-corrected chi connectivity index (χ2v) is 4.82. The van der Waals surface area contributed by atoms with E-state index in [1.165, 1.54) is 0 Å². The van der Waals surface area contributed by atoms with Gasteiger partial charge in [0.05, 0.1) is 18.5 Å². The Hall–Kier alpha value is -1.49. The Morgan fingerprint density at radius 3 is 2.89 bits per heavy atom. The molecule has 1 aromatic heterocycles. The Kier molecular flexibility index (Phi) is 3.91. The van der Waals surface area contributed by atoms with Crippen LogP contribution < -0.4 is 10.1 Å². The van der Waals surface area contributed by atoms with E-state index in [1.54, 1.807) is 7.11 Å². The van der Waals surface area contributed by atoms with Gasteiger partial charge in [-0.15, -0.1) is 0 Å². The van der Waals surface area contributed by atoms with E-state index in [0.717, 1.165) is 34.1 Å². The van der Waals surface area contributed by atoms with Crippen molar-refractivity contribution < 1.29 is 4.74 Å². The average Bonchev–Trinajstić information content (AvgIpc) is 2.72. The van der Waals surface area contributed by atoms with E-state index in [1.807, 2.05) is 31.3 Å². The summed E-state index contributed by atoms with van der Waals surface area (Å²) in [5.74, 6) is 1.65. The molecule has 1 heterocycles. The highest BCUT2D eigenvalue weighted by molar-refractivity contribution is 9.10. The maximum absolute atomic E-state index is 5.22. The lowest BCUT2D eigenvalue weighted by Gasteiger charge is -2.10. The molecule has 0 amide bonds. The fourth-order valence-electron chi connectivity index (χ4n) is 1.74. The molecule has 0 atom stereocenters.